The fraction of sp³-hybridized carbons (Fsp3) is 0.0667. The highest BCUT2D eigenvalue weighted by Crippen LogP contribution is 2.10. The molecule has 0 atom stereocenters. The molecule has 0 radical (unpaired) electrons. The standard InChI is InChI=1S/C15H10FNO/c16-14-7-3-11(4-8-14)9-15(18)13-5-1-12(10-17)2-6-13/h1-8H,9H2. The monoisotopic (exact) mass is 239 g/mol. The number of benzene rings is 2. The zero-order chi connectivity index (χ0) is 13.0. The van der Waals surface area contributed by atoms with Crippen LogP contribution < -0.4 is 0 Å². The van der Waals surface area contributed by atoms with Crippen LogP contribution in [0, 0.1) is 17.1 Å². The zero-order valence-corrected chi connectivity index (χ0v) is 9.56. The zero-order valence-electron chi connectivity index (χ0n) is 9.56. The Bertz CT molecular complexity index is 594. The van der Waals surface area contributed by atoms with Crippen molar-refractivity contribution in [3.63, 3.8) is 0 Å². The van der Waals surface area contributed by atoms with Gasteiger partial charge in [-0.15, -0.1) is 0 Å². The third-order valence-corrected chi connectivity index (χ3v) is 2.61. The first-order chi connectivity index (χ1) is 8.69. The van der Waals surface area contributed by atoms with Crippen LogP contribution in [0.2, 0.25) is 0 Å². The molecule has 3 heteroatoms. The Morgan fingerprint density at radius 3 is 2.22 bits per heavy atom. The fourth-order valence-electron chi connectivity index (χ4n) is 1.62. The summed E-state index contributed by atoms with van der Waals surface area (Å²) in [6, 6.07) is 14.3. The molecule has 18 heavy (non-hydrogen) atoms. The lowest BCUT2D eigenvalue weighted by Gasteiger charge is -2.01. The molecule has 2 rings (SSSR count). The van der Waals surface area contributed by atoms with Crippen molar-refractivity contribution in [1.29, 1.82) is 5.26 Å². The molecule has 0 aliphatic rings. The number of ketones is 1. The molecule has 0 aliphatic carbocycles. The maximum absolute atomic E-state index is 12.7. The van der Waals surface area contributed by atoms with E-state index in [0.717, 1.165) is 5.56 Å². The second kappa shape index (κ2) is 5.24. The number of carbonyl (C=O) groups is 1. The molecule has 0 saturated carbocycles. The summed E-state index contributed by atoms with van der Waals surface area (Å²) in [6.45, 7) is 0. The minimum atomic E-state index is -0.315. The quantitative estimate of drug-likeness (QED) is 0.772. The lowest BCUT2D eigenvalue weighted by molar-refractivity contribution is 0.0993. The second-order valence-electron chi connectivity index (χ2n) is 3.92. The molecular weight excluding hydrogens is 229 g/mol. The molecule has 0 fully saturated rings. The Balaban J connectivity index is 2.12. The van der Waals surface area contributed by atoms with E-state index in [2.05, 4.69) is 0 Å². The van der Waals surface area contributed by atoms with Gasteiger partial charge in [0, 0.05) is 12.0 Å². The van der Waals surface area contributed by atoms with Gasteiger partial charge in [-0.25, -0.2) is 4.39 Å². The minimum Gasteiger partial charge on any atom is -0.294 e. The van der Waals surface area contributed by atoms with Gasteiger partial charge in [0.25, 0.3) is 0 Å². The third kappa shape index (κ3) is 2.80. The molecule has 0 aliphatic heterocycles. The maximum atomic E-state index is 12.7. The van der Waals surface area contributed by atoms with Crippen molar-refractivity contribution >= 4 is 5.78 Å². The number of Topliss-reactive ketones (excluding diaryl/α,β-unsaturated/α-hetero) is 1. The maximum Gasteiger partial charge on any atom is 0.167 e. The molecule has 0 heterocycles. The summed E-state index contributed by atoms with van der Waals surface area (Å²) in [4.78, 5) is 11.9. The molecule has 0 amide bonds. The van der Waals surface area contributed by atoms with Crippen LogP contribution in [0.3, 0.4) is 0 Å². The van der Waals surface area contributed by atoms with Gasteiger partial charge in [-0.3, -0.25) is 4.79 Å². The molecule has 2 nitrogen and oxygen atoms in total. The molecule has 2 aromatic carbocycles. The lowest BCUT2D eigenvalue weighted by Crippen LogP contribution is -2.03. The number of carbonyl (C=O) groups excluding carboxylic acids is 1. The van der Waals surface area contributed by atoms with Crippen LogP contribution in [0.5, 0.6) is 0 Å². The second-order valence-corrected chi connectivity index (χ2v) is 3.92. The summed E-state index contributed by atoms with van der Waals surface area (Å²) in [5, 5.41) is 8.66. The van der Waals surface area contributed by atoms with Crippen molar-refractivity contribution in [3.8, 4) is 6.07 Å². The van der Waals surface area contributed by atoms with E-state index in [4.69, 9.17) is 5.26 Å². The van der Waals surface area contributed by atoms with Crippen molar-refractivity contribution in [2.75, 3.05) is 0 Å². The number of halogens is 1. The molecule has 0 unspecified atom stereocenters. The van der Waals surface area contributed by atoms with Crippen LogP contribution in [0.1, 0.15) is 21.5 Å². The normalized spacial score (nSPS) is 9.78. The molecule has 0 N–H and O–H groups in total. The SMILES string of the molecule is N#Cc1ccc(C(=O)Cc2ccc(F)cc2)cc1. The van der Waals surface area contributed by atoms with Crippen LogP contribution in [-0.4, -0.2) is 5.78 Å². The summed E-state index contributed by atoms with van der Waals surface area (Å²) in [6.07, 6.45) is 0.228. The first-order valence-electron chi connectivity index (χ1n) is 5.47. The van der Waals surface area contributed by atoms with E-state index < -0.39 is 0 Å². The van der Waals surface area contributed by atoms with Gasteiger partial charge in [0.05, 0.1) is 11.6 Å². The van der Waals surface area contributed by atoms with Gasteiger partial charge in [0.15, 0.2) is 5.78 Å². The number of hydrogen-bond donors (Lipinski definition) is 0. The highest BCUT2D eigenvalue weighted by atomic mass is 19.1. The average Bonchev–Trinajstić information content (AvgIpc) is 2.41. The van der Waals surface area contributed by atoms with Crippen molar-refractivity contribution in [2.24, 2.45) is 0 Å². The van der Waals surface area contributed by atoms with Gasteiger partial charge in [-0.1, -0.05) is 24.3 Å². The topological polar surface area (TPSA) is 40.9 Å². The molecule has 88 valence electrons. The molecule has 0 bridgehead atoms. The molecule has 0 spiro atoms. The van der Waals surface area contributed by atoms with Crippen molar-refractivity contribution in [1.82, 2.24) is 0 Å². The highest BCUT2D eigenvalue weighted by molar-refractivity contribution is 5.97. The molecule has 0 saturated heterocycles. The summed E-state index contributed by atoms with van der Waals surface area (Å²) in [5.41, 5.74) is 1.84. The van der Waals surface area contributed by atoms with Crippen LogP contribution >= 0.6 is 0 Å². The first kappa shape index (κ1) is 12.0. The Hall–Kier alpha value is -2.47. The van der Waals surface area contributed by atoms with Crippen molar-refractivity contribution in [2.45, 2.75) is 6.42 Å². The van der Waals surface area contributed by atoms with E-state index in [-0.39, 0.29) is 18.0 Å². The minimum absolute atomic E-state index is 0.0499. The predicted molar refractivity (Wildman–Crippen MR) is 65.6 cm³/mol. The lowest BCUT2D eigenvalue weighted by atomic mass is 10.0. The van der Waals surface area contributed by atoms with E-state index in [0.29, 0.717) is 11.1 Å². The van der Waals surface area contributed by atoms with Gasteiger partial charge < -0.3 is 0 Å². The average molecular weight is 239 g/mol. The number of hydrogen-bond acceptors (Lipinski definition) is 2. The fourth-order valence-corrected chi connectivity index (χ4v) is 1.62. The third-order valence-electron chi connectivity index (χ3n) is 2.61. The predicted octanol–water partition coefficient (Wildman–Crippen LogP) is 3.12. The van der Waals surface area contributed by atoms with Crippen LogP contribution in [-0.2, 0) is 6.42 Å². The number of nitrogens with zero attached hydrogens (tertiary/aromatic N) is 1. The summed E-state index contributed by atoms with van der Waals surface area (Å²) < 4.78 is 12.7. The van der Waals surface area contributed by atoms with Gasteiger partial charge in [-0.05, 0) is 29.8 Å². The molecule has 0 aromatic heterocycles. The number of rotatable bonds is 3. The van der Waals surface area contributed by atoms with Crippen molar-refractivity contribution in [3.05, 3.63) is 71.0 Å². The van der Waals surface area contributed by atoms with E-state index in [1.54, 1.807) is 36.4 Å². The molecular formula is C15H10FNO. The highest BCUT2D eigenvalue weighted by Gasteiger charge is 2.07. The van der Waals surface area contributed by atoms with Gasteiger partial charge >= 0.3 is 0 Å². The van der Waals surface area contributed by atoms with Crippen LogP contribution in [0.25, 0.3) is 0 Å². The first-order valence-corrected chi connectivity index (χ1v) is 5.47. The molecule has 2 aromatic rings. The smallest absolute Gasteiger partial charge is 0.167 e. The van der Waals surface area contributed by atoms with Crippen LogP contribution in [0.15, 0.2) is 48.5 Å². The summed E-state index contributed by atoms with van der Waals surface area (Å²) in [5.74, 6) is -0.365. The van der Waals surface area contributed by atoms with E-state index in [1.165, 1.54) is 12.1 Å². The van der Waals surface area contributed by atoms with Gasteiger partial charge in [0.2, 0.25) is 0 Å². The number of nitriles is 1. The van der Waals surface area contributed by atoms with Crippen LogP contribution in [0.4, 0.5) is 4.39 Å². The summed E-state index contributed by atoms with van der Waals surface area (Å²) in [7, 11) is 0. The van der Waals surface area contributed by atoms with Crippen molar-refractivity contribution < 1.29 is 9.18 Å². The Kier molecular flexibility index (Phi) is 3.49. The van der Waals surface area contributed by atoms with Gasteiger partial charge in [-0.2, -0.15) is 5.26 Å². The van der Waals surface area contributed by atoms with E-state index in [1.807, 2.05) is 6.07 Å². The Morgan fingerprint density at radius 2 is 1.67 bits per heavy atom. The largest absolute Gasteiger partial charge is 0.294 e. The Morgan fingerprint density at radius 1 is 1.06 bits per heavy atom. The summed E-state index contributed by atoms with van der Waals surface area (Å²) >= 11 is 0. The van der Waals surface area contributed by atoms with E-state index >= 15 is 0 Å². The Labute approximate surface area is 104 Å². The van der Waals surface area contributed by atoms with Gasteiger partial charge in [0.1, 0.15) is 5.82 Å². The van der Waals surface area contributed by atoms with E-state index in [9.17, 15) is 9.18 Å².